The molecule has 0 saturated carbocycles. The highest BCUT2D eigenvalue weighted by atomic mass is 16.5. The molecule has 0 spiro atoms. The third kappa shape index (κ3) is 1.78. The highest BCUT2D eigenvalue weighted by Gasteiger charge is 2.09. The number of hydrogen-bond acceptors (Lipinski definition) is 3. The van der Waals surface area contributed by atoms with Crippen molar-refractivity contribution in [1.29, 1.82) is 0 Å². The van der Waals surface area contributed by atoms with Gasteiger partial charge < -0.3 is 10.5 Å². The van der Waals surface area contributed by atoms with Crippen LogP contribution >= 0.6 is 0 Å². The molecule has 4 heteroatoms. The number of methoxy groups -OCH3 is 1. The maximum atomic E-state index is 5.77. The third-order valence-electron chi connectivity index (χ3n) is 1.61. The van der Waals surface area contributed by atoms with Crippen LogP contribution in [0, 0.1) is 6.92 Å². The molecule has 11 heavy (non-hydrogen) atoms. The van der Waals surface area contributed by atoms with E-state index in [1.54, 1.807) is 13.3 Å². The van der Waals surface area contributed by atoms with Crippen LogP contribution in [0.5, 0.6) is 0 Å². The van der Waals surface area contributed by atoms with Gasteiger partial charge in [0.2, 0.25) is 0 Å². The van der Waals surface area contributed by atoms with Crippen LogP contribution in [0.15, 0.2) is 6.20 Å². The lowest BCUT2D eigenvalue weighted by Crippen LogP contribution is -2.16. The summed E-state index contributed by atoms with van der Waals surface area (Å²) in [6.45, 7) is 2.47. The van der Waals surface area contributed by atoms with Gasteiger partial charge in [-0.2, -0.15) is 5.10 Å². The standard InChI is InChI=1S/C7H13N3O/c1-5-6(3-9-10-5)7(8)4-11-2/h3,7H,4,8H2,1-2H3,(H,9,10). The van der Waals surface area contributed by atoms with Crippen molar-refractivity contribution in [3.05, 3.63) is 17.5 Å². The molecule has 0 fully saturated rings. The van der Waals surface area contributed by atoms with Crippen LogP contribution in [0.2, 0.25) is 0 Å². The van der Waals surface area contributed by atoms with Crippen molar-refractivity contribution in [2.75, 3.05) is 13.7 Å². The number of aromatic nitrogens is 2. The van der Waals surface area contributed by atoms with Crippen molar-refractivity contribution in [3.63, 3.8) is 0 Å². The van der Waals surface area contributed by atoms with E-state index in [2.05, 4.69) is 10.2 Å². The molecule has 1 atom stereocenters. The van der Waals surface area contributed by atoms with E-state index >= 15 is 0 Å². The van der Waals surface area contributed by atoms with Gasteiger partial charge in [0.25, 0.3) is 0 Å². The Kier molecular flexibility index (Phi) is 2.62. The topological polar surface area (TPSA) is 63.9 Å². The monoisotopic (exact) mass is 155 g/mol. The van der Waals surface area contributed by atoms with Crippen LogP contribution in [0.1, 0.15) is 17.3 Å². The zero-order valence-corrected chi connectivity index (χ0v) is 6.79. The molecular weight excluding hydrogens is 142 g/mol. The Morgan fingerprint density at radius 3 is 3.00 bits per heavy atom. The number of rotatable bonds is 3. The lowest BCUT2D eigenvalue weighted by Gasteiger charge is -2.08. The molecule has 0 aromatic carbocycles. The van der Waals surface area contributed by atoms with Crippen molar-refractivity contribution in [3.8, 4) is 0 Å². The first kappa shape index (κ1) is 8.23. The number of nitrogens with two attached hydrogens (primary N) is 1. The van der Waals surface area contributed by atoms with Crippen LogP contribution < -0.4 is 5.73 Å². The van der Waals surface area contributed by atoms with E-state index in [9.17, 15) is 0 Å². The highest BCUT2D eigenvalue weighted by Crippen LogP contribution is 2.11. The maximum absolute atomic E-state index is 5.77. The van der Waals surface area contributed by atoms with Gasteiger partial charge in [0, 0.05) is 18.4 Å². The molecule has 0 radical (unpaired) electrons. The first-order valence-corrected chi connectivity index (χ1v) is 3.50. The Balaban J connectivity index is 2.67. The summed E-state index contributed by atoms with van der Waals surface area (Å²) in [7, 11) is 1.63. The second-order valence-electron chi connectivity index (χ2n) is 2.51. The molecule has 0 amide bonds. The minimum Gasteiger partial charge on any atom is -0.383 e. The van der Waals surface area contributed by atoms with Crippen molar-refractivity contribution in [2.24, 2.45) is 5.73 Å². The Morgan fingerprint density at radius 2 is 2.55 bits per heavy atom. The Hall–Kier alpha value is -0.870. The van der Waals surface area contributed by atoms with E-state index in [0.717, 1.165) is 11.3 Å². The van der Waals surface area contributed by atoms with Crippen molar-refractivity contribution in [2.45, 2.75) is 13.0 Å². The smallest absolute Gasteiger partial charge is 0.0656 e. The molecule has 1 aromatic heterocycles. The van der Waals surface area contributed by atoms with Gasteiger partial charge in [-0.25, -0.2) is 0 Å². The molecule has 1 unspecified atom stereocenters. The van der Waals surface area contributed by atoms with Crippen LogP contribution in [-0.2, 0) is 4.74 Å². The van der Waals surface area contributed by atoms with Crippen LogP contribution in [0.25, 0.3) is 0 Å². The van der Waals surface area contributed by atoms with Gasteiger partial charge in [-0.05, 0) is 6.92 Å². The molecule has 0 aliphatic rings. The van der Waals surface area contributed by atoms with E-state index in [1.165, 1.54) is 0 Å². The average molecular weight is 155 g/mol. The Morgan fingerprint density at radius 1 is 1.82 bits per heavy atom. The Bertz CT molecular complexity index is 221. The van der Waals surface area contributed by atoms with Gasteiger partial charge in [0.15, 0.2) is 0 Å². The largest absolute Gasteiger partial charge is 0.383 e. The molecular formula is C7H13N3O. The predicted octanol–water partition coefficient (Wildman–Crippen LogP) is 0.364. The summed E-state index contributed by atoms with van der Waals surface area (Å²) in [6, 6.07) is -0.0706. The zero-order chi connectivity index (χ0) is 8.27. The van der Waals surface area contributed by atoms with Gasteiger partial charge in [0.05, 0.1) is 18.8 Å². The fourth-order valence-corrected chi connectivity index (χ4v) is 1.00. The van der Waals surface area contributed by atoms with E-state index < -0.39 is 0 Å². The van der Waals surface area contributed by atoms with E-state index in [1.807, 2.05) is 6.92 Å². The van der Waals surface area contributed by atoms with Crippen LogP contribution in [0.3, 0.4) is 0 Å². The summed E-state index contributed by atoms with van der Waals surface area (Å²) in [6.07, 6.45) is 1.74. The van der Waals surface area contributed by atoms with Gasteiger partial charge in [-0.3, -0.25) is 5.10 Å². The number of nitrogens with zero attached hydrogens (tertiary/aromatic N) is 1. The van der Waals surface area contributed by atoms with E-state index in [0.29, 0.717) is 6.61 Å². The average Bonchev–Trinajstić information content (AvgIpc) is 2.36. The molecule has 1 heterocycles. The number of aryl methyl sites for hydroxylation is 1. The van der Waals surface area contributed by atoms with E-state index in [-0.39, 0.29) is 6.04 Å². The van der Waals surface area contributed by atoms with Gasteiger partial charge in [-0.15, -0.1) is 0 Å². The van der Waals surface area contributed by atoms with Crippen LogP contribution in [-0.4, -0.2) is 23.9 Å². The summed E-state index contributed by atoms with van der Waals surface area (Å²) in [4.78, 5) is 0. The fraction of sp³-hybridized carbons (Fsp3) is 0.571. The van der Waals surface area contributed by atoms with Gasteiger partial charge in [0.1, 0.15) is 0 Å². The summed E-state index contributed by atoms with van der Waals surface area (Å²) < 4.78 is 4.92. The quantitative estimate of drug-likeness (QED) is 0.662. The fourth-order valence-electron chi connectivity index (χ4n) is 1.00. The van der Waals surface area contributed by atoms with Crippen molar-refractivity contribution < 1.29 is 4.74 Å². The first-order chi connectivity index (χ1) is 5.25. The summed E-state index contributed by atoms with van der Waals surface area (Å²) in [5.74, 6) is 0. The summed E-state index contributed by atoms with van der Waals surface area (Å²) in [5.41, 5.74) is 7.79. The molecule has 0 bridgehead atoms. The summed E-state index contributed by atoms with van der Waals surface area (Å²) in [5, 5.41) is 6.69. The lowest BCUT2D eigenvalue weighted by atomic mass is 10.1. The van der Waals surface area contributed by atoms with E-state index in [4.69, 9.17) is 10.5 Å². The van der Waals surface area contributed by atoms with Crippen LogP contribution in [0.4, 0.5) is 0 Å². The molecule has 0 aliphatic heterocycles. The number of aromatic amines is 1. The van der Waals surface area contributed by atoms with Gasteiger partial charge in [-0.1, -0.05) is 0 Å². The second-order valence-corrected chi connectivity index (χ2v) is 2.51. The normalized spacial score (nSPS) is 13.4. The minimum atomic E-state index is -0.0706. The summed E-state index contributed by atoms with van der Waals surface area (Å²) >= 11 is 0. The Labute approximate surface area is 65.7 Å². The van der Waals surface area contributed by atoms with Gasteiger partial charge >= 0.3 is 0 Å². The lowest BCUT2D eigenvalue weighted by molar-refractivity contribution is 0.180. The minimum absolute atomic E-state index is 0.0706. The first-order valence-electron chi connectivity index (χ1n) is 3.50. The number of H-pyrrole nitrogens is 1. The molecule has 62 valence electrons. The predicted molar refractivity (Wildman–Crippen MR) is 42.1 cm³/mol. The third-order valence-corrected chi connectivity index (χ3v) is 1.61. The molecule has 0 saturated heterocycles. The molecule has 4 nitrogen and oxygen atoms in total. The maximum Gasteiger partial charge on any atom is 0.0656 e. The van der Waals surface area contributed by atoms with Crippen molar-refractivity contribution in [1.82, 2.24) is 10.2 Å². The zero-order valence-electron chi connectivity index (χ0n) is 6.79. The second kappa shape index (κ2) is 3.50. The van der Waals surface area contributed by atoms with Crippen molar-refractivity contribution >= 4 is 0 Å². The number of nitrogens with one attached hydrogen (secondary N) is 1. The molecule has 0 aliphatic carbocycles. The molecule has 1 rings (SSSR count). The molecule has 1 aromatic rings. The number of hydrogen-bond donors (Lipinski definition) is 2. The SMILES string of the molecule is COCC(N)c1cn[nH]c1C. The molecule has 3 N–H and O–H groups in total. The highest BCUT2D eigenvalue weighted by molar-refractivity contribution is 5.18. The number of ether oxygens (including phenoxy) is 1.